The molecule has 0 aromatic rings. The van der Waals surface area contributed by atoms with E-state index in [1.807, 2.05) is 20.8 Å². The Balaban J connectivity index is 2.00. The number of aliphatic hydroxyl groups excluding tert-OH is 1. The molecule has 0 bridgehead atoms. The van der Waals surface area contributed by atoms with E-state index in [4.69, 9.17) is 4.74 Å². The number of hydrogen-bond acceptors (Lipinski definition) is 4. The summed E-state index contributed by atoms with van der Waals surface area (Å²) in [6, 6.07) is 0. The van der Waals surface area contributed by atoms with Crippen LogP contribution in [0.15, 0.2) is 0 Å². The van der Waals surface area contributed by atoms with E-state index in [-0.39, 0.29) is 25.8 Å². The van der Waals surface area contributed by atoms with Crippen LogP contribution < -0.4 is 0 Å². The third-order valence-electron chi connectivity index (χ3n) is 5.16. The third-order valence-corrected chi connectivity index (χ3v) is 5.16. The molecule has 1 saturated heterocycles. The van der Waals surface area contributed by atoms with Crippen molar-refractivity contribution < 1.29 is 19.7 Å². The first kappa shape index (κ1) is 17.5. The summed E-state index contributed by atoms with van der Waals surface area (Å²) in [7, 11) is 0. The van der Waals surface area contributed by atoms with Crippen molar-refractivity contribution in [3.05, 3.63) is 0 Å². The van der Waals surface area contributed by atoms with Gasteiger partial charge in [-0.05, 0) is 33.6 Å². The highest BCUT2D eigenvalue weighted by Crippen LogP contribution is 2.47. The van der Waals surface area contributed by atoms with Crippen molar-refractivity contribution in [3.8, 4) is 0 Å². The summed E-state index contributed by atoms with van der Waals surface area (Å²) in [6.07, 6.45) is 6.93. The molecule has 0 spiro atoms. The summed E-state index contributed by atoms with van der Waals surface area (Å²) in [5.41, 5.74) is -1.97. The van der Waals surface area contributed by atoms with Gasteiger partial charge in [-0.15, -0.1) is 0 Å². The maximum atomic E-state index is 12.1. The first-order chi connectivity index (χ1) is 10.2. The van der Waals surface area contributed by atoms with Crippen LogP contribution in [0.4, 0.5) is 4.79 Å². The number of likely N-dealkylation sites (tertiary alicyclic amines) is 1. The number of amides is 1. The van der Waals surface area contributed by atoms with E-state index >= 15 is 0 Å². The lowest BCUT2D eigenvalue weighted by Gasteiger charge is -2.57. The van der Waals surface area contributed by atoms with Crippen molar-refractivity contribution >= 4 is 6.09 Å². The molecule has 22 heavy (non-hydrogen) atoms. The van der Waals surface area contributed by atoms with E-state index in [2.05, 4.69) is 0 Å². The van der Waals surface area contributed by atoms with Gasteiger partial charge in [-0.1, -0.05) is 32.1 Å². The fourth-order valence-electron chi connectivity index (χ4n) is 3.73. The van der Waals surface area contributed by atoms with E-state index in [0.29, 0.717) is 0 Å². The van der Waals surface area contributed by atoms with Crippen molar-refractivity contribution in [2.75, 3.05) is 19.7 Å². The summed E-state index contributed by atoms with van der Waals surface area (Å²) in [4.78, 5) is 13.6. The molecule has 1 aliphatic carbocycles. The SMILES string of the molecule is CC(C)(C)OC(=O)N1CC(O)(C2(CO)CCCCCCC2)C1. The first-order valence-corrected chi connectivity index (χ1v) is 8.53. The van der Waals surface area contributed by atoms with Gasteiger partial charge in [-0.2, -0.15) is 0 Å². The third kappa shape index (κ3) is 3.57. The van der Waals surface area contributed by atoms with Crippen molar-refractivity contribution in [2.45, 2.75) is 76.9 Å². The van der Waals surface area contributed by atoms with Crippen molar-refractivity contribution in [1.82, 2.24) is 4.90 Å². The second-order valence-electron chi connectivity index (χ2n) is 8.07. The van der Waals surface area contributed by atoms with E-state index < -0.39 is 16.6 Å². The number of hydrogen-bond donors (Lipinski definition) is 2. The average molecular weight is 313 g/mol. The minimum absolute atomic E-state index is 0.00828. The van der Waals surface area contributed by atoms with E-state index in [0.717, 1.165) is 38.5 Å². The zero-order chi connectivity index (χ0) is 16.4. The Morgan fingerprint density at radius 3 is 2.05 bits per heavy atom. The molecule has 5 heteroatoms. The molecular weight excluding hydrogens is 282 g/mol. The highest BCUT2D eigenvalue weighted by atomic mass is 16.6. The summed E-state index contributed by atoms with van der Waals surface area (Å²) >= 11 is 0. The highest BCUT2D eigenvalue weighted by Gasteiger charge is 2.58. The molecule has 2 N–H and O–H groups in total. The molecule has 0 radical (unpaired) electrons. The van der Waals surface area contributed by atoms with Crippen molar-refractivity contribution in [2.24, 2.45) is 5.41 Å². The topological polar surface area (TPSA) is 70.0 Å². The lowest BCUT2D eigenvalue weighted by atomic mass is 9.62. The Hall–Kier alpha value is -0.810. The molecule has 0 unspecified atom stereocenters. The van der Waals surface area contributed by atoms with Crippen LogP contribution in [0, 0.1) is 5.41 Å². The number of rotatable bonds is 2. The molecule has 0 aromatic heterocycles. The van der Waals surface area contributed by atoms with Crippen LogP contribution in [0.3, 0.4) is 0 Å². The highest BCUT2D eigenvalue weighted by molar-refractivity contribution is 5.69. The number of ether oxygens (including phenoxy) is 1. The molecule has 1 heterocycles. The number of β-amino-alcohol motifs (C(OH)–C–C–N with tert-alkyl or cyclic N) is 1. The monoisotopic (exact) mass is 313 g/mol. The molecule has 1 amide bonds. The van der Waals surface area contributed by atoms with Crippen molar-refractivity contribution in [1.29, 1.82) is 0 Å². The smallest absolute Gasteiger partial charge is 0.410 e. The van der Waals surface area contributed by atoms with Crippen LogP contribution in [0.5, 0.6) is 0 Å². The molecule has 1 saturated carbocycles. The summed E-state index contributed by atoms with van der Waals surface area (Å²) in [5, 5.41) is 21.0. The number of nitrogens with zero attached hydrogens (tertiary/aromatic N) is 1. The number of carbonyl (C=O) groups excluding carboxylic acids is 1. The van der Waals surface area contributed by atoms with Gasteiger partial charge in [0.15, 0.2) is 0 Å². The Labute approximate surface area is 133 Å². The second kappa shape index (κ2) is 6.36. The summed E-state index contributed by atoms with van der Waals surface area (Å²) in [6.45, 7) is 6.03. The van der Waals surface area contributed by atoms with Gasteiger partial charge in [-0.3, -0.25) is 0 Å². The lowest BCUT2D eigenvalue weighted by molar-refractivity contribution is -0.194. The Bertz CT molecular complexity index is 388. The van der Waals surface area contributed by atoms with Crippen LogP contribution in [0.25, 0.3) is 0 Å². The minimum Gasteiger partial charge on any atom is -0.444 e. The molecule has 2 fully saturated rings. The maximum absolute atomic E-state index is 12.1. The van der Waals surface area contributed by atoms with Gasteiger partial charge < -0.3 is 19.8 Å². The fourth-order valence-corrected chi connectivity index (χ4v) is 3.73. The molecule has 128 valence electrons. The van der Waals surface area contributed by atoms with Crippen LogP contribution in [-0.4, -0.2) is 52.1 Å². The Kier molecular flexibility index (Phi) is 5.07. The molecule has 5 nitrogen and oxygen atoms in total. The molecule has 0 atom stereocenters. The van der Waals surface area contributed by atoms with E-state index in [1.165, 1.54) is 6.42 Å². The fraction of sp³-hybridized carbons (Fsp3) is 0.941. The van der Waals surface area contributed by atoms with Gasteiger partial charge in [0, 0.05) is 5.41 Å². The largest absolute Gasteiger partial charge is 0.444 e. The van der Waals surface area contributed by atoms with Crippen LogP contribution in [-0.2, 0) is 4.74 Å². The normalized spacial score (nSPS) is 24.9. The van der Waals surface area contributed by atoms with E-state index in [9.17, 15) is 15.0 Å². The summed E-state index contributed by atoms with van der Waals surface area (Å²) in [5.74, 6) is 0. The van der Waals surface area contributed by atoms with Gasteiger partial charge in [0.1, 0.15) is 11.2 Å². The zero-order valence-corrected chi connectivity index (χ0v) is 14.2. The average Bonchev–Trinajstić information content (AvgIpc) is 2.33. The van der Waals surface area contributed by atoms with Crippen molar-refractivity contribution in [3.63, 3.8) is 0 Å². The molecule has 1 aliphatic heterocycles. The lowest BCUT2D eigenvalue weighted by Crippen LogP contribution is -2.72. The standard InChI is InChI=1S/C17H31NO4/c1-15(2,3)22-14(20)18-11-17(21,12-18)16(13-19)9-7-5-4-6-8-10-16/h19,21H,4-13H2,1-3H3. The predicted molar refractivity (Wildman–Crippen MR) is 84.6 cm³/mol. The molecule has 2 aliphatic rings. The molecule has 2 rings (SSSR count). The van der Waals surface area contributed by atoms with Gasteiger partial charge in [-0.25, -0.2) is 4.79 Å². The van der Waals surface area contributed by atoms with E-state index in [1.54, 1.807) is 4.90 Å². The minimum atomic E-state index is -0.976. The van der Waals surface area contributed by atoms with Crippen LogP contribution >= 0.6 is 0 Å². The van der Waals surface area contributed by atoms with Gasteiger partial charge in [0.2, 0.25) is 0 Å². The first-order valence-electron chi connectivity index (χ1n) is 8.53. The summed E-state index contributed by atoms with van der Waals surface area (Å²) < 4.78 is 5.35. The molecule has 0 aromatic carbocycles. The quantitative estimate of drug-likeness (QED) is 0.822. The Morgan fingerprint density at radius 2 is 1.59 bits per heavy atom. The van der Waals surface area contributed by atoms with Gasteiger partial charge in [0.25, 0.3) is 0 Å². The predicted octanol–water partition coefficient (Wildman–Crippen LogP) is 2.69. The van der Waals surface area contributed by atoms with Crippen LogP contribution in [0.2, 0.25) is 0 Å². The van der Waals surface area contributed by atoms with Gasteiger partial charge in [0.05, 0.1) is 19.7 Å². The molecular formula is C17H31NO4. The van der Waals surface area contributed by atoms with Crippen LogP contribution in [0.1, 0.15) is 65.7 Å². The Morgan fingerprint density at radius 1 is 1.09 bits per heavy atom. The maximum Gasteiger partial charge on any atom is 0.410 e. The number of carbonyl (C=O) groups is 1. The number of aliphatic hydroxyl groups is 2. The van der Waals surface area contributed by atoms with Gasteiger partial charge >= 0.3 is 6.09 Å². The zero-order valence-electron chi connectivity index (χ0n) is 14.2. The second-order valence-corrected chi connectivity index (χ2v) is 8.07.